The average molecular weight is 210 g/mol. The molecule has 0 bridgehead atoms. The zero-order chi connectivity index (χ0) is 13.6. The minimum absolute atomic E-state index is 0.0195. The molecule has 1 fully saturated rings. The van der Waals surface area contributed by atoms with Gasteiger partial charge in [0.05, 0.1) is 11.7 Å². The fourth-order valence-electron chi connectivity index (χ4n) is 2.56. The van der Waals surface area contributed by atoms with Crippen molar-refractivity contribution in [3.05, 3.63) is 17.5 Å². The second-order valence-electron chi connectivity index (χ2n) is 4.94. The molecule has 0 aliphatic heterocycles. The average Bonchev–Trinajstić information content (AvgIpc) is 2.83. The third-order valence-electron chi connectivity index (χ3n) is 3.65. The van der Waals surface area contributed by atoms with Crippen LogP contribution in [0.3, 0.4) is 0 Å². The summed E-state index contributed by atoms with van der Waals surface area (Å²) in [5.74, 6) is 0. The maximum Gasteiger partial charge on any atom is 0.0826 e. The van der Waals surface area contributed by atoms with Crippen LogP contribution in [0.4, 0.5) is 0 Å². The lowest BCUT2D eigenvalue weighted by molar-refractivity contribution is 0.259. The molecule has 1 aromatic heterocycles. The van der Waals surface area contributed by atoms with Gasteiger partial charge in [-0.15, -0.1) is 0 Å². The van der Waals surface area contributed by atoms with Crippen molar-refractivity contribution in [2.24, 2.45) is 18.2 Å². The molecule has 0 amide bonds. The first kappa shape index (κ1) is 7.44. The molecule has 1 aliphatic carbocycles. The molecule has 0 spiro atoms. The molecular formula is C12H21N3. The molecule has 2 N–H and O–H groups in total. The highest BCUT2D eigenvalue weighted by atomic mass is 15.3. The van der Waals surface area contributed by atoms with Crippen molar-refractivity contribution in [2.45, 2.75) is 45.5 Å². The molecule has 0 aromatic carbocycles. The van der Waals surface area contributed by atoms with E-state index in [0.29, 0.717) is 11.3 Å². The van der Waals surface area contributed by atoms with Crippen molar-refractivity contribution in [2.75, 3.05) is 0 Å². The number of hydrogen-bond acceptors (Lipinski definition) is 2. The van der Waals surface area contributed by atoms with Crippen LogP contribution in [0.25, 0.3) is 0 Å². The standard InChI is InChI=1S/C12H21N3/c1-9-8-15(3)14-10(9)11(13)12(2)6-4-5-7-12/h8,11H,4-7,13H2,1-3H3/i1D3. The summed E-state index contributed by atoms with van der Waals surface area (Å²) in [5.41, 5.74) is 7.14. The van der Waals surface area contributed by atoms with E-state index in [9.17, 15) is 0 Å². The van der Waals surface area contributed by atoms with Gasteiger partial charge >= 0.3 is 0 Å². The molecule has 0 saturated heterocycles. The van der Waals surface area contributed by atoms with Crippen LogP contribution in [0.2, 0.25) is 0 Å². The summed E-state index contributed by atoms with van der Waals surface area (Å²) < 4.78 is 24.3. The maximum atomic E-state index is 7.58. The van der Waals surface area contributed by atoms with E-state index in [4.69, 9.17) is 9.85 Å². The van der Waals surface area contributed by atoms with Crippen molar-refractivity contribution in [3.63, 3.8) is 0 Å². The Morgan fingerprint density at radius 1 is 1.60 bits per heavy atom. The summed E-state index contributed by atoms with van der Waals surface area (Å²) in [4.78, 5) is 0. The third-order valence-corrected chi connectivity index (χ3v) is 3.65. The quantitative estimate of drug-likeness (QED) is 0.814. The predicted octanol–water partition coefficient (Wildman–Crippen LogP) is 2.31. The first-order valence-corrected chi connectivity index (χ1v) is 5.54. The number of aryl methyl sites for hydroxylation is 2. The van der Waals surface area contributed by atoms with Gasteiger partial charge in [0, 0.05) is 17.4 Å². The van der Waals surface area contributed by atoms with E-state index >= 15 is 0 Å². The van der Waals surface area contributed by atoms with Crippen LogP contribution in [-0.4, -0.2) is 9.78 Å². The molecule has 15 heavy (non-hydrogen) atoms. The van der Waals surface area contributed by atoms with Gasteiger partial charge in [-0.25, -0.2) is 0 Å². The van der Waals surface area contributed by atoms with Gasteiger partial charge in [-0.2, -0.15) is 5.10 Å². The Labute approximate surface area is 95.9 Å². The zero-order valence-corrected chi connectivity index (χ0v) is 9.45. The van der Waals surface area contributed by atoms with E-state index in [1.165, 1.54) is 12.8 Å². The normalized spacial score (nSPS) is 25.7. The van der Waals surface area contributed by atoms with Crippen molar-refractivity contribution in [1.82, 2.24) is 9.78 Å². The van der Waals surface area contributed by atoms with Gasteiger partial charge in [0.1, 0.15) is 0 Å². The van der Waals surface area contributed by atoms with Crippen molar-refractivity contribution < 1.29 is 4.11 Å². The van der Waals surface area contributed by atoms with Gasteiger partial charge in [-0.05, 0) is 30.7 Å². The lowest BCUT2D eigenvalue weighted by Crippen LogP contribution is -2.30. The SMILES string of the molecule is [2H]C([2H])([2H])c1cn(C)nc1C(N)C1(C)CCCC1. The molecule has 1 unspecified atom stereocenters. The molecule has 2 rings (SSSR count). The highest BCUT2D eigenvalue weighted by Crippen LogP contribution is 2.45. The van der Waals surface area contributed by atoms with Crippen LogP contribution >= 0.6 is 0 Å². The molecule has 1 aliphatic rings. The van der Waals surface area contributed by atoms with E-state index in [2.05, 4.69) is 12.0 Å². The number of nitrogens with zero attached hydrogens (tertiary/aromatic N) is 2. The minimum atomic E-state index is -2.14. The Morgan fingerprint density at radius 3 is 2.87 bits per heavy atom. The molecule has 3 nitrogen and oxygen atoms in total. The second-order valence-corrected chi connectivity index (χ2v) is 4.94. The maximum absolute atomic E-state index is 7.58. The fraction of sp³-hybridized carbons (Fsp3) is 0.750. The van der Waals surface area contributed by atoms with E-state index in [1.807, 2.05) is 0 Å². The summed E-state index contributed by atoms with van der Waals surface area (Å²) in [6, 6.07) is -0.295. The smallest absolute Gasteiger partial charge is 0.0826 e. The molecular weight excluding hydrogens is 186 g/mol. The van der Waals surface area contributed by atoms with Gasteiger partial charge in [-0.3, -0.25) is 4.68 Å². The fourth-order valence-corrected chi connectivity index (χ4v) is 2.56. The molecule has 1 heterocycles. The topological polar surface area (TPSA) is 43.8 Å². The molecule has 0 radical (unpaired) electrons. The van der Waals surface area contributed by atoms with Crippen molar-refractivity contribution in [1.29, 1.82) is 0 Å². The minimum Gasteiger partial charge on any atom is -0.322 e. The van der Waals surface area contributed by atoms with Crippen LogP contribution < -0.4 is 5.73 Å². The Morgan fingerprint density at radius 2 is 2.27 bits per heavy atom. The monoisotopic (exact) mass is 210 g/mol. The van der Waals surface area contributed by atoms with Crippen LogP contribution in [0.5, 0.6) is 0 Å². The highest BCUT2D eigenvalue weighted by molar-refractivity contribution is 5.21. The molecule has 1 saturated carbocycles. The lowest BCUT2D eigenvalue weighted by atomic mass is 9.79. The number of nitrogens with two attached hydrogens (primary N) is 1. The summed E-state index contributed by atoms with van der Waals surface area (Å²) in [6.07, 6.45) is 6.00. The number of aromatic nitrogens is 2. The van der Waals surface area contributed by atoms with Gasteiger partial charge in [0.2, 0.25) is 0 Å². The summed E-state index contributed by atoms with van der Waals surface area (Å²) in [5, 5.41) is 4.30. The van der Waals surface area contributed by atoms with Crippen LogP contribution in [0.15, 0.2) is 6.20 Å². The largest absolute Gasteiger partial charge is 0.322 e. The van der Waals surface area contributed by atoms with Crippen molar-refractivity contribution in [3.8, 4) is 0 Å². The second kappa shape index (κ2) is 3.63. The first-order valence-electron chi connectivity index (χ1n) is 7.04. The summed E-state index contributed by atoms with van der Waals surface area (Å²) >= 11 is 0. The molecule has 3 heteroatoms. The Bertz CT molecular complexity index is 430. The summed E-state index contributed by atoms with van der Waals surface area (Å²) in [7, 11) is 1.74. The Kier molecular flexibility index (Phi) is 1.80. The molecule has 1 aromatic rings. The van der Waals surface area contributed by atoms with Crippen molar-refractivity contribution >= 4 is 0 Å². The van der Waals surface area contributed by atoms with Gasteiger partial charge < -0.3 is 5.73 Å². The summed E-state index contributed by atoms with van der Waals surface area (Å²) in [6.45, 7) is -0.00117. The van der Waals surface area contributed by atoms with Crippen LogP contribution in [0.1, 0.15) is 54.0 Å². The Balaban J connectivity index is 2.38. The van der Waals surface area contributed by atoms with E-state index < -0.39 is 6.85 Å². The highest BCUT2D eigenvalue weighted by Gasteiger charge is 2.37. The van der Waals surface area contributed by atoms with E-state index in [-0.39, 0.29) is 11.5 Å². The predicted molar refractivity (Wildman–Crippen MR) is 61.4 cm³/mol. The number of rotatable bonds is 2. The van der Waals surface area contributed by atoms with Crippen LogP contribution in [-0.2, 0) is 7.05 Å². The van der Waals surface area contributed by atoms with E-state index in [1.54, 1.807) is 17.9 Å². The first-order chi connectivity index (χ1) is 8.24. The van der Waals surface area contributed by atoms with E-state index in [0.717, 1.165) is 12.8 Å². The molecule has 84 valence electrons. The van der Waals surface area contributed by atoms with Gasteiger partial charge in [0.25, 0.3) is 0 Å². The van der Waals surface area contributed by atoms with Gasteiger partial charge in [0.15, 0.2) is 0 Å². The third kappa shape index (κ3) is 1.81. The van der Waals surface area contributed by atoms with Crippen LogP contribution in [0, 0.1) is 12.3 Å². The number of hydrogen-bond donors (Lipinski definition) is 1. The van der Waals surface area contributed by atoms with Gasteiger partial charge in [-0.1, -0.05) is 19.8 Å². The zero-order valence-electron chi connectivity index (χ0n) is 12.5. The lowest BCUT2D eigenvalue weighted by Gasteiger charge is -2.30. The molecule has 1 atom stereocenters. The Hall–Kier alpha value is -0.830.